The van der Waals surface area contributed by atoms with Gasteiger partial charge in [-0.3, -0.25) is 0 Å². The van der Waals surface area contributed by atoms with Crippen molar-refractivity contribution in [1.82, 2.24) is 0 Å². The zero-order valence-corrected chi connectivity index (χ0v) is 35.7. The van der Waals surface area contributed by atoms with Crippen molar-refractivity contribution in [2.45, 2.75) is 51.4 Å². The van der Waals surface area contributed by atoms with Crippen LogP contribution in [0.25, 0.3) is 17.2 Å². The van der Waals surface area contributed by atoms with Crippen LogP contribution in [0.4, 0.5) is 0 Å². The lowest BCUT2D eigenvalue weighted by molar-refractivity contribution is 0.0686. The van der Waals surface area contributed by atoms with Gasteiger partial charge >= 0.3 is 11.9 Å². The molecule has 0 heterocycles. The first-order valence-electron chi connectivity index (χ1n) is 20.9. The fourth-order valence-corrected chi connectivity index (χ4v) is 8.66. The molecule has 0 spiro atoms. The monoisotopic (exact) mass is 828 g/mol. The molecule has 0 radical (unpaired) electrons. The number of aryl methyl sites for hydroxylation is 5. The smallest absolute Gasteiger partial charge is 0.335 e. The molecule has 316 valence electrons. The van der Waals surface area contributed by atoms with Crippen LogP contribution in [-0.4, -0.2) is 50.6 Å². The molecule has 0 aromatic heterocycles. The molecule has 0 amide bonds. The van der Waals surface area contributed by atoms with E-state index in [1.807, 2.05) is 48.5 Å². The van der Waals surface area contributed by atoms with E-state index in [4.69, 9.17) is 29.2 Å². The highest BCUT2D eigenvalue weighted by Gasteiger charge is 2.22. The average Bonchev–Trinajstić information content (AvgIpc) is 3.92. The van der Waals surface area contributed by atoms with E-state index in [2.05, 4.69) is 60.7 Å². The zero-order chi connectivity index (χ0) is 43.6. The van der Waals surface area contributed by atoms with Gasteiger partial charge in [0.15, 0.2) is 23.0 Å². The molecular weight excluding hydrogens is 777 g/mol. The van der Waals surface area contributed by atoms with Crippen LogP contribution in [-0.2, 0) is 44.9 Å². The largest absolute Gasteiger partial charge is 0.493 e. The fourth-order valence-electron chi connectivity index (χ4n) is 8.66. The van der Waals surface area contributed by atoms with Gasteiger partial charge in [0.2, 0.25) is 0 Å². The maximum Gasteiger partial charge on any atom is 0.335 e. The summed E-state index contributed by atoms with van der Waals surface area (Å²) in [4.78, 5) is 22.1. The Balaban J connectivity index is 0.000000186. The summed E-state index contributed by atoms with van der Waals surface area (Å²) < 4.78 is 22.2. The van der Waals surface area contributed by atoms with E-state index >= 15 is 0 Å². The third kappa shape index (κ3) is 9.76. The molecule has 0 saturated carbocycles. The number of hydrogen-bond donors (Lipinski definition) is 2. The molecule has 2 aliphatic rings. The van der Waals surface area contributed by atoms with Gasteiger partial charge in [-0.25, -0.2) is 9.59 Å². The molecule has 0 bridgehead atoms. The first kappa shape index (κ1) is 43.0. The summed E-state index contributed by atoms with van der Waals surface area (Å²) >= 11 is 0. The van der Waals surface area contributed by atoms with Crippen molar-refractivity contribution in [3.8, 4) is 23.0 Å². The molecule has 0 aliphatic heterocycles. The van der Waals surface area contributed by atoms with Crippen molar-refractivity contribution < 1.29 is 38.7 Å². The van der Waals surface area contributed by atoms with E-state index in [0.29, 0.717) is 11.1 Å². The number of ether oxygens (including phenoxy) is 4. The molecule has 0 fully saturated rings. The van der Waals surface area contributed by atoms with Gasteiger partial charge in [-0.2, -0.15) is 0 Å². The molecule has 2 aliphatic carbocycles. The number of hydrogen-bond acceptors (Lipinski definition) is 6. The second-order valence-electron chi connectivity index (χ2n) is 15.4. The SMILES string of the molecule is COc1cccc(/C=C2\CCc3cccc(CCc4ccc(C(=O)O)cc4)c32)c1OC.COc1cccc(CC2=CCc3cccc(CCc4ccc(C(=O)O)cc4)c32)c1OC. The number of methoxy groups -OCH3 is 4. The van der Waals surface area contributed by atoms with E-state index in [9.17, 15) is 9.59 Å². The third-order valence-electron chi connectivity index (χ3n) is 11.7. The van der Waals surface area contributed by atoms with Gasteiger partial charge in [-0.05, 0) is 143 Å². The minimum atomic E-state index is -0.893. The molecule has 8 nitrogen and oxygen atoms in total. The molecule has 6 aromatic rings. The normalized spacial score (nSPS) is 13.0. The van der Waals surface area contributed by atoms with Gasteiger partial charge < -0.3 is 29.2 Å². The maximum absolute atomic E-state index is 11.1. The Hall–Kier alpha value is -7.06. The highest BCUT2D eigenvalue weighted by Crippen LogP contribution is 2.41. The maximum atomic E-state index is 11.1. The van der Waals surface area contributed by atoms with Crippen LogP contribution < -0.4 is 18.9 Å². The molecule has 8 heteroatoms. The Labute approximate surface area is 363 Å². The summed E-state index contributed by atoms with van der Waals surface area (Å²) in [6, 6.07) is 39.4. The van der Waals surface area contributed by atoms with E-state index in [1.165, 1.54) is 44.5 Å². The predicted molar refractivity (Wildman–Crippen MR) is 245 cm³/mol. The summed E-state index contributed by atoms with van der Waals surface area (Å²) in [6.07, 6.45) is 11.8. The number of aromatic carboxylic acids is 2. The lowest BCUT2D eigenvalue weighted by atomic mass is 9.91. The van der Waals surface area contributed by atoms with Gasteiger partial charge in [0.25, 0.3) is 0 Å². The first-order valence-corrected chi connectivity index (χ1v) is 20.9. The van der Waals surface area contributed by atoms with Gasteiger partial charge in [-0.1, -0.05) is 91.0 Å². The van der Waals surface area contributed by atoms with Crippen LogP contribution in [0.15, 0.2) is 127 Å². The molecule has 6 aromatic carbocycles. The predicted octanol–water partition coefficient (Wildman–Crippen LogP) is 11.0. The Morgan fingerprint density at radius 3 is 1.61 bits per heavy atom. The van der Waals surface area contributed by atoms with Crippen LogP contribution in [0, 0.1) is 0 Å². The van der Waals surface area contributed by atoms with Crippen LogP contribution in [0.5, 0.6) is 23.0 Å². The van der Waals surface area contributed by atoms with Gasteiger partial charge in [-0.15, -0.1) is 0 Å². The second kappa shape index (κ2) is 20.0. The zero-order valence-electron chi connectivity index (χ0n) is 35.7. The molecule has 2 N–H and O–H groups in total. The van der Waals surface area contributed by atoms with Gasteiger partial charge in [0.1, 0.15) is 0 Å². The number of carboxylic acids is 2. The quantitative estimate of drug-likeness (QED) is 0.105. The number of carboxylic acid groups (broad SMARTS) is 2. The van der Waals surface area contributed by atoms with Crippen molar-refractivity contribution in [3.63, 3.8) is 0 Å². The highest BCUT2D eigenvalue weighted by molar-refractivity contribution is 5.89. The summed E-state index contributed by atoms with van der Waals surface area (Å²) in [6.45, 7) is 0. The lowest BCUT2D eigenvalue weighted by Gasteiger charge is -2.16. The van der Waals surface area contributed by atoms with Gasteiger partial charge in [0.05, 0.1) is 39.6 Å². The molecule has 0 saturated heterocycles. The Morgan fingerprint density at radius 1 is 0.532 bits per heavy atom. The topological polar surface area (TPSA) is 112 Å². The van der Waals surface area contributed by atoms with Crippen molar-refractivity contribution in [2.75, 3.05) is 28.4 Å². The van der Waals surface area contributed by atoms with Crippen molar-refractivity contribution in [2.24, 2.45) is 0 Å². The van der Waals surface area contributed by atoms with E-state index in [0.717, 1.165) is 96.6 Å². The third-order valence-corrected chi connectivity index (χ3v) is 11.7. The van der Waals surface area contributed by atoms with Crippen molar-refractivity contribution >= 4 is 29.2 Å². The summed E-state index contributed by atoms with van der Waals surface area (Å²) in [7, 11) is 6.66. The molecule has 0 unspecified atom stereocenters. The average molecular weight is 829 g/mol. The van der Waals surface area contributed by atoms with Crippen LogP contribution >= 0.6 is 0 Å². The lowest BCUT2D eigenvalue weighted by Crippen LogP contribution is -2.01. The van der Waals surface area contributed by atoms with E-state index in [-0.39, 0.29) is 0 Å². The van der Waals surface area contributed by atoms with Crippen LogP contribution in [0.3, 0.4) is 0 Å². The summed E-state index contributed by atoms with van der Waals surface area (Å²) in [5.41, 5.74) is 15.8. The number of carbonyl (C=O) groups is 2. The number of allylic oxidation sites excluding steroid dienone is 3. The van der Waals surface area contributed by atoms with Gasteiger partial charge in [0, 0.05) is 17.5 Å². The summed E-state index contributed by atoms with van der Waals surface area (Å²) in [5.74, 6) is 1.23. The van der Waals surface area contributed by atoms with E-state index in [1.54, 1.807) is 52.7 Å². The minimum absolute atomic E-state index is 0.321. The highest BCUT2D eigenvalue weighted by atomic mass is 16.5. The Kier molecular flexibility index (Phi) is 13.9. The number of para-hydroxylation sites is 2. The molecule has 62 heavy (non-hydrogen) atoms. The first-order chi connectivity index (χ1) is 30.2. The van der Waals surface area contributed by atoms with Crippen molar-refractivity contribution in [3.05, 3.63) is 194 Å². The number of fused-ring (bicyclic) bond motifs is 2. The number of rotatable bonds is 15. The van der Waals surface area contributed by atoms with Crippen molar-refractivity contribution in [1.29, 1.82) is 0 Å². The molecule has 8 rings (SSSR count). The fraction of sp³-hybridized carbons (Fsp3) is 0.222. The second-order valence-corrected chi connectivity index (χ2v) is 15.4. The number of benzene rings is 6. The van der Waals surface area contributed by atoms with Crippen LogP contribution in [0.1, 0.15) is 82.8 Å². The Bertz CT molecular complexity index is 2620. The Morgan fingerprint density at radius 2 is 1.05 bits per heavy atom. The van der Waals surface area contributed by atoms with Crippen LogP contribution in [0.2, 0.25) is 0 Å². The minimum Gasteiger partial charge on any atom is -0.493 e. The molecular formula is C54H52O8. The summed E-state index contributed by atoms with van der Waals surface area (Å²) in [5, 5.41) is 18.2. The van der Waals surface area contributed by atoms with E-state index < -0.39 is 11.9 Å². The molecule has 0 atom stereocenters. The standard InChI is InChI=1S/2C27H26O4/c2*1-30-24-8-4-7-23(26(24)31-2)17-22-16-15-20-6-3-5-19(25(20)22)12-9-18-10-13-21(14-11-18)27(28)29/h3-8,10-11,13-14,17H,9,12,15-16H2,1-2H3,(H,28,29);3-8,10-11,13-14,16H,9,12,15,17H2,1-2H3,(H,28,29)/b22-17+;.